The summed E-state index contributed by atoms with van der Waals surface area (Å²) in [6.07, 6.45) is 4.47. The van der Waals surface area contributed by atoms with Crippen molar-refractivity contribution in [3.05, 3.63) is 0 Å². The van der Waals surface area contributed by atoms with Crippen molar-refractivity contribution in [3.63, 3.8) is 0 Å². The molecule has 3 nitrogen and oxygen atoms in total. The molecule has 0 amide bonds. The second kappa shape index (κ2) is 9.46. The van der Waals surface area contributed by atoms with E-state index in [0.29, 0.717) is 24.8 Å². The van der Waals surface area contributed by atoms with Gasteiger partial charge in [0.15, 0.2) is 0 Å². The SMILES string of the molecule is CCCC(C)OC(=O)CCC(CCN)C(C)C. The highest BCUT2D eigenvalue weighted by molar-refractivity contribution is 5.69. The number of hydrogen-bond acceptors (Lipinski definition) is 3. The van der Waals surface area contributed by atoms with E-state index in [1.54, 1.807) is 0 Å². The highest BCUT2D eigenvalue weighted by atomic mass is 16.5. The largest absolute Gasteiger partial charge is 0.463 e. The Labute approximate surface area is 106 Å². The van der Waals surface area contributed by atoms with Crippen LogP contribution in [0.25, 0.3) is 0 Å². The van der Waals surface area contributed by atoms with E-state index in [1.807, 2.05) is 6.92 Å². The van der Waals surface area contributed by atoms with Crippen LogP contribution in [-0.2, 0) is 9.53 Å². The summed E-state index contributed by atoms with van der Waals surface area (Å²) >= 11 is 0. The first-order chi connectivity index (χ1) is 8.01. The van der Waals surface area contributed by atoms with Crippen LogP contribution in [0.4, 0.5) is 0 Å². The van der Waals surface area contributed by atoms with Gasteiger partial charge in [0.2, 0.25) is 0 Å². The normalized spacial score (nSPS) is 14.7. The standard InChI is InChI=1S/C14H29NO2/c1-5-6-12(4)17-14(16)8-7-13(9-10-15)11(2)3/h11-13H,5-10,15H2,1-4H3. The van der Waals surface area contributed by atoms with Crippen LogP contribution < -0.4 is 5.73 Å². The molecule has 0 aromatic carbocycles. The maximum absolute atomic E-state index is 11.6. The van der Waals surface area contributed by atoms with Crippen LogP contribution in [0.1, 0.15) is 59.8 Å². The number of rotatable bonds is 9. The molecule has 102 valence electrons. The van der Waals surface area contributed by atoms with E-state index < -0.39 is 0 Å². The Hall–Kier alpha value is -0.570. The van der Waals surface area contributed by atoms with Crippen molar-refractivity contribution in [1.82, 2.24) is 0 Å². The lowest BCUT2D eigenvalue weighted by atomic mass is 9.88. The third kappa shape index (κ3) is 8.19. The summed E-state index contributed by atoms with van der Waals surface area (Å²) < 4.78 is 5.33. The Balaban J connectivity index is 3.87. The van der Waals surface area contributed by atoms with Crippen LogP contribution in [0.5, 0.6) is 0 Å². The second-order valence-electron chi connectivity index (χ2n) is 5.21. The molecule has 0 aromatic heterocycles. The lowest BCUT2D eigenvalue weighted by Crippen LogP contribution is -2.18. The molecule has 2 atom stereocenters. The molecule has 17 heavy (non-hydrogen) atoms. The lowest BCUT2D eigenvalue weighted by molar-refractivity contribution is -0.148. The zero-order chi connectivity index (χ0) is 13.3. The predicted molar refractivity (Wildman–Crippen MR) is 71.7 cm³/mol. The minimum absolute atomic E-state index is 0.0551. The van der Waals surface area contributed by atoms with Crippen LogP contribution >= 0.6 is 0 Å². The lowest BCUT2D eigenvalue weighted by Gasteiger charge is -2.20. The maximum Gasteiger partial charge on any atom is 0.306 e. The van der Waals surface area contributed by atoms with E-state index in [2.05, 4.69) is 20.8 Å². The van der Waals surface area contributed by atoms with Gasteiger partial charge in [-0.05, 0) is 44.6 Å². The number of carbonyl (C=O) groups excluding carboxylic acids is 1. The average Bonchev–Trinajstić information content (AvgIpc) is 2.23. The summed E-state index contributed by atoms with van der Waals surface area (Å²) in [4.78, 5) is 11.6. The van der Waals surface area contributed by atoms with E-state index in [1.165, 1.54) is 0 Å². The van der Waals surface area contributed by atoms with Gasteiger partial charge in [-0.2, -0.15) is 0 Å². The third-order valence-corrected chi connectivity index (χ3v) is 3.23. The van der Waals surface area contributed by atoms with E-state index in [9.17, 15) is 4.79 Å². The Morgan fingerprint density at radius 3 is 2.29 bits per heavy atom. The zero-order valence-electron chi connectivity index (χ0n) is 11.9. The molecular formula is C14H29NO2. The molecule has 0 radical (unpaired) electrons. The van der Waals surface area contributed by atoms with Gasteiger partial charge in [0, 0.05) is 6.42 Å². The Kier molecular flexibility index (Phi) is 9.14. The molecule has 0 aromatic rings. The van der Waals surface area contributed by atoms with Crippen molar-refractivity contribution in [2.24, 2.45) is 17.6 Å². The van der Waals surface area contributed by atoms with Crippen molar-refractivity contribution in [3.8, 4) is 0 Å². The van der Waals surface area contributed by atoms with E-state index in [0.717, 1.165) is 25.7 Å². The highest BCUT2D eigenvalue weighted by Gasteiger charge is 2.16. The Morgan fingerprint density at radius 2 is 1.82 bits per heavy atom. The van der Waals surface area contributed by atoms with Gasteiger partial charge in [-0.3, -0.25) is 4.79 Å². The number of esters is 1. The van der Waals surface area contributed by atoms with Crippen LogP contribution in [0.15, 0.2) is 0 Å². The molecule has 0 saturated heterocycles. The van der Waals surface area contributed by atoms with Gasteiger partial charge in [0.05, 0.1) is 6.10 Å². The first-order valence-electron chi connectivity index (χ1n) is 6.90. The van der Waals surface area contributed by atoms with Crippen molar-refractivity contribution >= 4 is 5.97 Å². The predicted octanol–water partition coefficient (Wildman–Crippen LogP) is 3.12. The fourth-order valence-electron chi connectivity index (χ4n) is 2.08. The Morgan fingerprint density at radius 1 is 1.18 bits per heavy atom. The molecule has 0 fully saturated rings. The van der Waals surface area contributed by atoms with Crippen LogP contribution in [-0.4, -0.2) is 18.6 Å². The summed E-state index contributed by atoms with van der Waals surface area (Å²) in [5.74, 6) is 1.06. The molecule has 0 saturated carbocycles. The molecule has 2 N–H and O–H groups in total. The van der Waals surface area contributed by atoms with Gasteiger partial charge in [-0.1, -0.05) is 27.2 Å². The topological polar surface area (TPSA) is 52.3 Å². The summed E-state index contributed by atoms with van der Waals surface area (Å²) in [5.41, 5.74) is 5.58. The smallest absolute Gasteiger partial charge is 0.306 e. The van der Waals surface area contributed by atoms with Gasteiger partial charge >= 0.3 is 5.97 Å². The molecular weight excluding hydrogens is 214 g/mol. The first kappa shape index (κ1) is 16.4. The summed E-state index contributed by atoms with van der Waals surface area (Å²) in [7, 11) is 0. The van der Waals surface area contributed by atoms with Crippen LogP contribution in [0, 0.1) is 11.8 Å². The monoisotopic (exact) mass is 243 g/mol. The van der Waals surface area contributed by atoms with Crippen molar-refractivity contribution in [2.45, 2.75) is 65.9 Å². The molecule has 0 bridgehead atoms. The van der Waals surface area contributed by atoms with Gasteiger partial charge in [0.1, 0.15) is 0 Å². The fraction of sp³-hybridized carbons (Fsp3) is 0.929. The molecule has 0 aliphatic rings. The fourth-order valence-corrected chi connectivity index (χ4v) is 2.08. The van der Waals surface area contributed by atoms with Gasteiger partial charge in [0.25, 0.3) is 0 Å². The summed E-state index contributed by atoms with van der Waals surface area (Å²) in [5, 5.41) is 0. The van der Waals surface area contributed by atoms with E-state index >= 15 is 0 Å². The van der Waals surface area contributed by atoms with E-state index in [-0.39, 0.29) is 12.1 Å². The molecule has 0 aliphatic heterocycles. The summed E-state index contributed by atoms with van der Waals surface area (Å²) in [6.45, 7) is 9.13. The summed E-state index contributed by atoms with van der Waals surface area (Å²) in [6, 6.07) is 0. The molecule has 0 aliphatic carbocycles. The Bertz CT molecular complexity index is 204. The minimum atomic E-state index is -0.0615. The molecule has 0 spiro atoms. The number of hydrogen-bond donors (Lipinski definition) is 1. The van der Waals surface area contributed by atoms with Crippen molar-refractivity contribution in [1.29, 1.82) is 0 Å². The molecule has 0 heterocycles. The zero-order valence-corrected chi connectivity index (χ0v) is 11.9. The molecule has 0 rings (SSSR count). The van der Waals surface area contributed by atoms with Crippen LogP contribution in [0.3, 0.4) is 0 Å². The quantitative estimate of drug-likeness (QED) is 0.633. The third-order valence-electron chi connectivity index (χ3n) is 3.23. The second-order valence-corrected chi connectivity index (χ2v) is 5.21. The van der Waals surface area contributed by atoms with Crippen molar-refractivity contribution in [2.75, 3.05) is 6.54 Å². The molecule has 2 unspecified atom stereocenters. The average molecular weight is 243 g/mol. The maximum atomic E-state index is 11.6. The number of ether oxygens (including phenoxy) is 1. The van der Waals surface area contributed by atoms with Gasteiger partial charge in [-0.25, -0.2) is 0 Å². The van der Waals surface area contributed by atoms with Gasteiger partial charge in [-0.15, -0.1) is 0 Å². The molecule has 3 heteroatoms. The van der Waals surface area contributed by atoms with Crippen LogP contribution in [0.2, 0.25) is 0 Å². The number of nitrogens with two attached hydrogens (primary N) is 1. The number of carbonyl (C=O) groups is 1. The highest BCUT2D eigenvalue weighted by Crippen LogP contribution is 2.20. The van der Waals surface area contributed by atoms with Gasteiger partial charge < -0.3 is 10.5 Å². The first-order valence-corrected chi connectivity index (χ1v) is 6.90. The van der Waals surface area contributed by atoms with E-state index in [4.69, 9.17) is 10.5 Å². The minimum Gasteiger partial charge on any atom is -0.463 e. The van der Waals surface area contributed by atoms with Crippen molar-refractivity contribution < 1.29 is 9.53 Å².